The molecule has 1 aromatic carbocycles. The van der Waals surface area contributed by atoms with Gasteiger partial charge in [0, 0.05) is 25.0 Å². The first-order valence-corrected chi connectivity index (χ1v) is 8.71. The zero-order valence-corrected chi connectivity index (χ0v) is 13.3. The van der Waals surface area contributed by atoms with Crippen molar-refractivity contribution >= 4 is 15.9 Å². The molecule has 1 fully saturated rings. The highest BCUT2D eigenvalue weighted by Gasteiger charge is 2.29. The van der Waals surface area contributed by atoms with Gasteiger partial charge in [0.25, 0.3) is 0 Å². The Bertz CT molecular complexity index is 576. The van der Waals surface area contributed by atoms with Crippen molar-refractivity contribution in [2.45, 2.75) is 37.6 Å². The van der Waals surface area contributed by atoms with Crippen molar-refractivity contribution in [3.05, 3.63) is 30.3 Å². The molecule has 0 unspecified atom stereocenters. The second kappa shape index (κ2) is 6.58. The molecule has 1 saturated heterocycles. The number of benzene rings is 1. The zero-order valence-electron chi connectivity index (χ0n) is 12.5. The van der Waals surface area contributed by atoms with Crippen LogP contribution in [0.4, 0.5) is 0 Å². The van der Waals surface area contributed by atoms with Crippen molar-refractivity contribution in [1.82, 2.24) is 9.62 Å². The second-order valence-electron chi connectivity index (χ2n) is 5.65. The molecule has 1 aliphatic rings. The number of hydrogen-bond donors (Lipinski definition) is 1. The molecule has 0 aromatic heterocycles. The number of hydrogen-bond acceptors (Lipinski definition) is 3. The van der Waals surface area contributed by atoms with Crippen LogP contribution < -0.4 is 5.32 Å². The van der Waals surface area contributed by atoms with Gasteiger partial charge in [-0.15, -0.1) is 0 Å². The normalized spacial score (nSPS) is 17.9. The summed E-state index contributed by atoms with van der Waals surface area (Å²) < 4.78 is 26.4. The topological polar surface area (TPSA) is 66.5 Å². The van der Waals surface area contributed by atoms with E-state index in [0.29, 0.717) is 30.8 Å². The van der Waals surface area contributed by atoms with Gasteiger partial charge in [-0.05, 0) is 25.0 Å². The Morgan fingerprint density at radius 2 is 1.76 bits per heavy atom. The first-order chi connectivity index (χ1) is 9.91. The van der Waals surface area contributed by atoms with Crippen molar-refractivity contribution in [3.63, 3.8) is 0 Å². The van der Waals surface area contributed by atoms with Crippen LogP contribution in [0.5, 0.6) is 0 Å². The van der Waals surface area contributed by atoms with Crippen LogP contribution in [0.1, 0.15) is 26.7 Å². The first-order valence-electron chi connectivity index (χ1n) is 7.27. The smallest absolute Gasteiger partial charge is 0.243 e. The largest absolute Gasteiger partial charge is 0.353 e. The summed E-state index contributed by atoms with van der Waals surface area (Å²) in [7, 11) is -3.41. The third kappa shape index (κ3) is 3.83. The average Bonchev–Trinajstić information content (AvgIpc) is 2.48. The maximum Gasteiger partial charge on any atom is 0.243 e. The summed E-state index contributed by atoms with van der Waals surface area (Å²) in [5.41, 5.74) is 0. The lowest BCUT2D eigenvalue weighted by atomic mass is 10.1. The van der Waals surface area contributed by atoms with Gasteiger partial charge >= 0.3 is 0 Å². The molecular weight excluding hydrogens is 288 g/mol. The van der Waals surface area contributed by atoms with Crippen molar-refractivity contribution in [2.24, 2.45) is 5.92 Å². The Kier molecular flexibility index (Phi) is 5.00. The Hall–Kier alpha value is -1.40. The van der Waals surface area contributed by atoms with Gasteiger partial charge in [-0.1, -0.05) is 32.0 Å². The molecule has 116 valence electrons. The molecule has 0 spiro atoms. The third-order valence-corrected chi connectivity index (χ3v) is 5.62. The van der Waals surface area contributed by atoms with Crippen LogP contribution in [0.3, 0.4) is 0 Å². The van der Waals surface area contributed by atoms with E-state index in [9.17, 15) is 13.2 Å². The Morgan fingerprint density at radius 3 is 2.29 bits per heavy atom. The SMILES string of the molecule is CC(C)C(=O)NC1CCN(S(=O)(=O)c2ccccc2)CC1. The van der Waals surface area contributed by atoms with Crippen molar-refractivity contribution in [2.75, 3.05) is 13.1 Å². The van der Waals surface area contributed by atoms with E-state index in [1.165, 1.54) is 4.31 Å². The highest BCUT2D eigenvalue weighted by molar-refractivity contribution is 7.89. The van der Waals surface area contributed by atoms with Gasteiger partial charge in [0.05, 0.1) is 4.90 Å². The molecule has 0 aliphatic carbocycles. The maximum absolute atomic E-state index is 12.5. The van der Waals surface area contributed by atoms with E-state index < -0.39 is 10.0 Å². The minimum absolute atomic E-state index is 0.0272. The maximum atomic E-state index is 12.5. The van der Waals surface area contributed by atoms with Crippen LogP contribution in [0, 0.1) is 5.92 Å². The molecule has 0 atom stereocenters. The van der Waals surface area contributed by atoms with Gasteiger partial charge in [-0.3, -0.25) is 4.79 Å². The summed E-state index contributed by atoms with van der Waals surface area (Å²) in [5, 5.41) is 2.97. The van der Waals surface area contributed by atoms with Crippen LogP contribution in [0.25, 0.3) is 0 Å². The van der Waals surface area contributed by atoms with Gasteiger partial charge in [0.1, 0.15) is 0 Å². The van der Waals surface area contributed by atoms with Gasteiger partial charge in [0.2, 0.25) is 15.9 Å². The predicted octanol–water partition coefficient (Wildman–Crippen LogP) is 1.61. The number of nitrogens with one attached hydrogen (secondary N) is 1. The molecule has 1 heterocycles. The van der Waals surface area contributed by atoms with Crippen LogP contribution >= 0.6 is 0 Å². The molecule has 21 heavy (non-hydrogen) atoms. The fourth-order valence-electron chi connectivity index (χ4n) is 2.35. The number of carbonyl (C=O) groups excluding carboxylic acids is 1. The van der Waals surface area contributed by atoms with E-state index in [1.807, 2.05) is 13.8 Å². The van der Waals surface area contributed by atoms with Crippen LogP contribution in [0.15, 0.2) is 35.2 Å². The summed E-state index contributed by atoms with van der Waals surface area (Å²) in [6.07, 6.45) is 1.31. The van der Waals surface area contributed by atoms with E-state index in [4.69, 9.17) is 0 Å². The number of carbonyl (C=O) groups is 1. The molecular formula is C15H22N2O3S. The highest BCUT2D eigenvalue weighted by Crippen LogP contribution is 2.20. The molecule has 1 aromatic rings. The summed E-state index contributed by atoms with van der Waals surface area (Å²) in [5.74, 6) is -0.0181. The van der Waals surface area contributed by atoms with Crippen molar-refractivity contribution in [3.8, 4) is 0 Å². The number of amides is 1. The monoisotopic (exact) mass is 310 g/mol. The molecule has 5 nitrogen and oxygen atoms in total. The quantitative estimate of drug-likeness (QED) is 0.919. The molecule has 1 aliphatic heterocycles. The fourth-order valence-corrected chi connectivity index (χ4v) is 3.84. The Balaban J connectivity index is 1.97. The molecule has 1 amide bonds. The highest BCUT2D eigenvalue weighted by atomic mass is 32.2. The number of nitrogens with zero attached hydrogens (tertiary/aromatic N) is 1. The third-order valence-electron chi connectivity index (χ3n) is 3.71. The Labute approximate surface area is 126 Å². The van der Waals surface area contributed by atoms with Crippen LogP contribution in [-0.2, 0) is 14.8 Å². The average molecular weight is 310 g/mol. The van der Waals surface area contributed by atoms with Crippen molar-refractivity contribution < 1.29 is 13.2 Å². The first kappa shape index (κ1) is 16.0. The molecule has 1 N–H and O–H groups in total. The van der Waals surface area contributed by atoms with Crippen LogP contribution in [0.2, 0.25) is 0 Å². The fraction of sp³-hybridized carbons (Fsp3) is 0.533. The van der Waals surface area contributed by atoms with Crippen LogP contribution in [-0.4, -0.2) is 37.8 Å². The number of piperidine rings is 1. The van der Waals surface area contributed by atoms with Gasteiger partial charge in [0.15, 0.2) is 0 Å². The number of rotatable bonds is 4. The molecule has 0 bridgehead atoms. The second-order valence-corrected chi connectivity index (χ2v) is 7.59. The lowest BCUT2D eigenvalue weighted by Gasteiger charge is -2.32. The number of sulfonamides is 1. The van der Waals surface area contributed by atoms with Gasteiger partial charge in [-0.2, -0.15) is 4.31 Å². The summed E-state index contributed by atoms with van der Waals surface area (Å²) in [6.45, 7) is 4.59. The van der Waals surface area contributed by atoms with Gasteiger partial charge in [-0.25, -0.2) is 8.42 Å². The van der Waals surface area contributed by atoms with Crippen molar-refractivity contribution in [1.29, 1.82) is 0 Å². The lowest BCUT2D eigenvalue weighted by molar-refractivity contribution is -0.124. The van der Waals surface area contributed by atoms with E-state index in [1.54, 1.807) is 30.3 Å². The molecule has 2 rings (SSSR count). The van der Waals surface area contributed by atoms with E-state index in [0.717, 1.165) is 0 Å². The van der Waals surface area contributed by atoms with E-state index in [2.05, 4.69) is 5.32 Å². The minimum Gasteiger partial charge on any atom is -0.353 e. The summed E-state index contributed by atoms with van der Waals surface area (Å²) >= 11 is 0. The van der Waals surface area contributed by atoms with E-state index in [-0.39, 0.29) is 17.9 Å². The van der Waals surface area contributed by atoms with Gasteiger partial charge < -0.3 is 5.32 Å². The van der Waals surface area contributed by atoms with E-state index >= 15 is 0 Å². The predicted molar refractivity (Wildman–Crippen MR) is 81.2 cm³/mol. The molecule has 6 heteroatoms. The standard InChI is InChI=1S/C15H22N2O3S/c1-12(2)15(18)16-13-8-10-17(11-9-13)21(19,20)14-6-4-3-5-7-14/h3-7,12-13H,8-11H2,1-2H3,(H,16,18). The minimum atomic E-state index is -3.41. The summed E-state index contributed by atoms with van der Waals surface area (Å²) in [6, 6.07) is 8.55. The molecule has 0 saturated carbocycles. The Morgan fingerprint density at radius 1 is 1.19 bits per heavy atom. The molecule has 0 radical (unpaired) electrons. The summed E-state index contributed by atoms with van der Waals surface area (Å²) in [4.78, 5) is 12.0. The zero-order chi connectivity index (χ0) is 15.5. The lowest BCUT2D eigenvalue weighted by Crippen LogP contribution is -2.47.